The molecule has 1 fully saturated rings. The number of nitrogens with zero attached hydrogens (tertiary/aromatic N) is 3. The highest BCUT2D eigenvalue weighted by Gasteiger charge is 2.27. The van der Waals surface area contributed by atoms with E-state index in [1.54, 1.807) is 12.1 Å². The van der Waals surface area contributed by atoms with Gasteiger partial charge >= 0.3 is 5.97 Å². The number of nitriles is 1. The van der Waals surface area contributed by atoms with Crippen LogP contribution in [0.5, 0.6) is 5.75 Å². The Morgan fingerprint density at radius 2 is 1.81 bits per heavy atom. The summed E-state index contributed by atoms with van der Waals surface area (Å²) in [5.41, 5.74) is 2.37. The molecule has 1 saturated carbocycles. The zero-order valence-electron chi connectivity index (χ0n) is 22.3. The lowest BCUT2D eigenvalue weighted by atomic mass is 9.88. The number of unbranched alkanes of at least 4 members (excludes halogenated alkanes) is 4. The van der Waals surface area contributed by atoms with E-state index in [1.165, 1.54) is 19.3 Å². The van der Waals surface area contributed by atoms with E-state index < -0.39 is 12.1 Å². The number of benzene rings is 1. The van der Waals surface area contributed by atoms with Crippen molar-refractivity contribution in [3.8, 4) is 23.2 Å². The summed E-state index contributed by atoms with van der Waals surface area (Å²) in [6, 6.07) is 7.69. The van der Waals surface area contributed by atoms with Crippen LogP contribution in [0.2, 0.25) is 0 Å². The molecule has 0 aliphatic heterocycles. The van der Waals surface area contributed by atoms with Crippen LogP contribution in [0.4, 0.5) is 4.39 Å². The molecular weight excluding hydrogens is 469 g/mol. The van der Waals surface area contributed by atoms with Gasteiger partial charge in [0.15, 0.2) is 12.0 Å². The number of carbonyl (C=O) groups is 1. The van der Waals surface area contributed by atoms with E-state index in [0.717, 1.165) is 43.2 Å². The lowest BCUT2D eigenvalue weighted by Crippen LogP contribution is -2.30. The number of halogens is 1. The molecule has 1 aromatic heterocycles. The van der Waals surface area contributed by atoms with E-state index in [4.69, 9.17) is 9.47 Å². The molecule has 0 amide bonds. The van der Waals surface area contributed by atoms with Crippen LogP contribution >= 0.6 is 0 Å². The van der Waals surface area contributed by atoms with Gasteiger partial charge in [-0.05, 0) is 74.6 Å². The molecule has 0 radical (unpaired) electrons. The second-order valence-corrected chi connectivity index (χ2v) is 10.0. The van der Waals surface area contributed by atoms with Crippen molar-refractivity contribution >= 4 is 5.97 Å². The number of hydrogen-bond acceptors (Lipinski definition) is 6. The van der Waals surface area contributed by atoms with Crippen molar-refractivity contribution in [2.24, 2.45) is 5.92 Å². The first-order valence-corrected chi connectivity index (χ1v) is 13.9. The van der Waals surface area contributed by atoms with Crippen molar-refractivity contribution in [1.82, 2.24) is 9.97 Å². The minimum absolute atomic E-state index is 0.222. The third-order valence-electron chi connectivity index (χ3n) is 7.00. The average Bonchev–Trinajstić information content (AvgIpc) is 2.94. The van der Waals surface area contributed by atoms with Crippen molar-refractivity contribution < 1.29 is 18.7 Å². The lowest BCUT2D eigenvalue weighted by molar-refractivity contribution is -0.157. The van der Waals surface area contributed by atoms with Gasteiger partial charge in [-0.3, -0.25) is 0 Å². The fourth-order valence-electron chi connectivity index (χ4n) is 4.63. The highest BCUT2D eigenvalue weighted by atomic mass is 19.1. The van der Waals surface area contributed by atoms with Crippen LogP contribution in [-0.4, -0.2) is 34.8 Å². The normalized spacial score (nSPS) is 18.1. The molecule has 1 aromatic carbocycles. The molecule has 0 N–H and O–H groups in total. The molecule has 1 aliphatic rings. The third-order valence-corrected chi connectivity index (χ3v) is 7.00. The van der Waals surface area contributed by atoms with Crippen molar-refractivity contribution in [3.05, 3.63) is 41.7 Å². The second kappa shape index (κ2) is 15.3. The molecule has 0 bridgehead atoms. The number of aryl methyl sites for hydroxylation is 1. The van der Waals surface area contributed by atoms with Gasteiger partial charge in [0.1, 0.15) is 17.9 Å². The summed E-state index contributed by atoms with van der Waals surface area (Å²) >= 11 is 0. The van der Waals surface area contributed by atoms with Crippen molar-refractivity contribution in [1.29, 1.82) is 5.26 Å². The van der Waals surface area contributed by atoms with Gasteiger partial charge in [-0.1, -0.05) is 46.0 Å². The maximum absolute atomic E-state index is 13.9. The Labute approximate surface area is 220 Å². The molecule has 1 atom stereocenters. The van der Waals surface area contributed by atoms with Crippen LogP contribution in [0.25, 0.3) is 11.4 Å². The van der Waals surface area contributed by atoms with Crippen LogP contribution in [0, 0.1) is 17.2 Å². The summed E-state index contributed by atoms with van der Waals surface area (Å²) in [4.78, 5) is 20.9. The molecule has 1 heterocycles. The SMILES string of the molecule is CCCCCCc1cnc(-c2ccc(OCC3CCC(OC(=O)[C@@H](F)CCCC)CC3)c(C#N)c2)nc1. The zero-order valence-corrected chi connectivity index (χ0v) is 22.3. The number of ether oxygens (including phenoxy) is 2. The largest absolute Gasteiger partial charge is 0.492 e. The van der Waals surface area contributed by atoms with E-state index in [9.17, 15) is 14.4 Å². The predicted octanol–water partition coefficient (Wildman–Crippen LogP) is 7.15. The Balaban J connectivity index is 1.47. The number of alkyl halides is 1. The highest BCUT2D eigenvalue weighted by Crippen LogP contribution is 2.30. The maximum Gasteiger partial charge on any atom is 0.340 e. The molecule has 7 heteroatoms. The van der Waals surface area contributed by atoms with E-state index in [-0.39, 0.29) is 12.5 Å². The van der Waals surface area contributed by atoms with Crippen LogP contribution in [0.3, 0.4) is 0 Å². The van der Waals surface area contributed by atoms with Crippen LogP contribution in [0.15, 0.2) is 30.6 Å². The molecule has 0 unspecified atom stereocenters. The summed E-state index contributed by atoms with van der Waals surface area (Å²) in [6.45, 7) is 4.66. The Bertz CT molecular complexity index is 1010. The minimum Gasteiger partial charge on any atom is -0.492 e. The standard InChI is InChI=1S/C30H40FN3O3/c1-3-5-7-8-9-23-19-33-29(34-20-23)24-13-16-28(25(17-24)18-32)36-21-22-11-14-26(15-12-22)37-30(35)27(31)10-6-4-2/h13,16-17,19-20,22,26-27H,3-12,14-15,21H2,1-2H3/t22?,26?,27-/m0/s1. The number of rotatable bonds is 14. The molecule has 37 heavy (non-hydrogen) atoms. The molecule has 0 saturated heterocycles. The summed E-state index contributed by atoms with van der Waals surface area (Å²) < 4.78 is 25.3. The fraction of sp³-hybridized carbons (Fsp3) is 0.600. The van der Waals surface area contributed by atoms with Gasteiger partial charge in [0.2, 0.25) is 0 Å². The van der Waals surface area contributed by atoms with Gasteiger partial charge in [0.05, 0.1) is 12.2 Å². The molecule has 2 aromatic rings. The van der Waals surface area contributed by atoms with E-state index in [2.05, 4.69) is 23.0 Å². The van der Waals surface area contributed by atoms with Gasteiger partial charge in [0.25, 0.3) is 0 Å². The van der Waals surface area contributed by atoms with Crippen molar-refractivity contribution in [3.63, 3.8) is 0 Å². The predicted molar refractivity (Wildman–Crippen MR) is 142 cm³/mol. The fourth-order valence-corrected chi connectivity index (χ4v) is 4.63. The topological polar surface area (TPSA) is 85.1 Å². The first kappa shape index (κ1) is 28.6. The van der Waals surface area contributed by atoms with Gasteiger partial charge in [0, 0.05) is 18.0 Å². The van der Waals surface area contributed by atoms with Crippen LogP contribution in [0.1, 0.15) is 95.6 Å². The number of hydrogen-bond donors (Lipinski definition) is 0. The molecule has 6 nitrogen and oxygen atoms in total. The highest BCUT2D eigenvalue weighted by molar-refractivity contribution is 5.74. The lowest BCUT2D eigenvalue weighted by Gasteiger charge is -2.28. The Morgan fingerprint density at radius 3 is 2.49 bits per heavy atom. The number of esters is 1. The first-order chi connectivity index (χ1) is 18.0. The third kappa shape index (κ3) is 9.10. The number of carbonyl (C=O) groups excluding carboxylic acids is 1. The second-order valence-electron chi connectivity index (χ2n) is 10.0. The smallest absolute Gasteiger partial charge is 0.340 e. The Hall–Kier alpha value is -3.01. The van der Waals surface area contributed by atoms with E-state index >= 15 is 0 Å². The molecule has 200 valence electrons. The van der Waals surface area contributed by atoms with Gasteiger partial charge in [-0.15, -0.1) is 0 Å². The minimum atomic E-state index is -1.52. The summed E-state index contributed by atoms with van der Waals surface area (Å²) in [7, 11) is 0. The quantitative estimate of drug-likeness (QED) is 0.199. The van der Waals surface area contributed by atoms with Gasteiger partial charge in [-0.25, -0.2) is 19.2 Å². The molecule has 3 rings (SSSR count). The number of aromatic nitrogens is 2. The van der Waals surface area contributed by atoms with Gasteiger partial charge < -0.3 is 9.47 Å². The Morgan fingerprint density at radius 1 is 1.08 bits per heavy atom. The molecular formula is C30H40FN3O3. The van der Waals surface area contributed by atoms with Crippen molar-refractivity contribution in [2.75, 3.05) is 6.61 Å². The molecule has 0 spiro atoms. The Kier molecular flexibility index (Phi) is 11.8. The van der Waals surface area contributed by atoms with Crippen LogP contribution < -0.4 is 4.74 Å². The zero-order chi connectivity index (χ0) is 26.5. The van der Waals surface area contributed by atoms with Crippen LogP contribution in [-0.2, 0) is 16.0 Å². The maximum atomic E-state index is 13.9. The average molecular weight is 510 g/mol. The van der Waals surface area contributed by atoms with E-state index in [1.807, 2.05) is 25.4 Å². The summed E-state index contributed by atoms with van der Waals surface area (Å²) in [5, 5.41) is 9.68. The van der Waals surface area contributed by atoms with Crippen molar-refractivity contribution in [2.45, 2.75) is 103 Å². The first-order valence-electron chi connectivity index (χ1n) is 13.9. The summed E-state index contributed by atoms with van der Waals surface area (Å²) in [6.07, 6.45) is 12.7. The van der Waals surface area contributed by atoms with Gasteiger partial charge in [-0.2, -0.15) is 5.26 Å². The van der Waals surface area contributed by atoms with E-state index in [0.29, 0.717) is 48.9 Å². The molecule has 1 aliphatic carbocycles. The summed E-state index contributed by atoms with van der Waals surface area (Å²) in [5.74, 6) is 0.718. The monoisotopic (exact) mass is 509 g/mol.